The van der Waals surface area contributed by atoms with Crippen molar-refractivity contribution in [3.8, 4) is 0 Å². The molecule has 21 heavy (non-hydrogen) atoms. The quantitative estimate of drug-likeness (QED) is 0.643. The number of allylic oxidation sites excluding steroid dienone is 2. The molecule has 0 aromatic carbocycles. The van der Waals surface area contributed by atoms with Gasteiger partial charge in [-0.05, 0) is 92.8 Å². The minimum absolute atomic E-state index is 0.431. The standard InChI is InChI=1S/C20H32O/c1-12-13(2)20(3,21)11-15-8-9-17-16-6-4-5-14(16)7-10-18(17)19(12)15/h4-5,12-19,21H,6-11H2,1-3H3. The lowest BCUT2D eigenvalue weighted by molar-refractivity contribution is -0.139. The van der Waals surface area contributed by atoms with Crippen molar-refractivity contribution >= 4 is 0 Å². The van der Waals surface area contributed by atoms with E-state index in [4.69, 9.17) is 0 Å². The summed E-state index contributed by atoms with van der Waals surface area (Å²) < 4.78 is 0. The first-order chi connectivity index (χ1) is 9.99. The molecule has 0 saturated heterocycles. The van der Waals surface area contributed by atoms with Crippen molar-refractivity contribution in [3.63, 3.8) is 0 Å². The third-order valence-corrected chi connectivity index (χ3v) is 8.24. The van der Waals surface area contributed by atoms with Gasteiger partial charge in [-0.25, -0.2) is 0 Å². The third-order valence-electron chi connectivity index (χ3n) is 8.24. The van der Waals surface area contributed by atoms with E-state index in [0.717, 1.165) is 41.9 Å². The molecule has 0 amide bonds. The Hall–Kier alpha value is -0.300. The molecule has 4 aliphatic carbocycles. The first kappa shape index (κ1) is 14.3. The fraction of sp³-hybridized carbons (Fsp3) is 0.900. The molecule has 0 heterocycles. The second-order valence-corrected chi connectivity index (χ2v) is 9.02. The van der Waals surface area contributed by atoms with Gasteiger partial charge in [0, 0.05) is 0 Å². The van der Waals surface area contributed by atoms with E-state index in [0.29, 0.717) is 11.8 Å². The largest absolute Gasteiger partial charge is 0.390 e. The molecule has 0 bridgehead atoms. The highest BCUT2D eigenvalue weighted by Crippen LogP contribution is 2.59. The summed E-state index contributed by atoms with van der Waals surface area (Å²) in [6, 6.07) is 0. The average molecular weight is 288 g/mol. The van der Waals surface area contributed by atoms with E-state index in [-0.39, 0.29) is 0 Å². The summed E-state index contributed by atoms with van der Waals surface area (Å²) in [5, 5.41) is 10.8. The van der Waals surface area contributed by atoms with E-state index in [1.165, 1.54) is 32.1 Å². The Morgan fingerprint density at radius 3 is 2.57 bits per heavy atom. The zero-order valence-corrected chi connectivity index (χ0v) is 14.0. The summed E-state index contributed by atoms with van der Waals surface area (Å²) in [6.45, 7) is 6.83. The molecule has 0 spiro atoms. The lowest BCUT2D eigenvalue weighted by Gasteiger charge is -2.58. The Balaban J connectivity index is 1.60. The minimum atomic E-state index is -0.431. The molecule has 1 heteroatoms. The van der Waals surface area contributed by atoms with Crippen molar-refractivity contribution in [3.05, 3.63) is 12.2 Å². The van der Waals surface area contributed by atoms with Crippen LogP contribution in [0.15, 0.2) is 12.2 Å². The van der Waals surface area contributed by atoms with Gasteiger partial charge in [0.15, 0.2) is 0 Å². The highest BCUT2D eigenvalue weighted by molar-refractivity contribution is 5.10. The fourth-order valence-corrected chi connectivity index (χ4v) is 6.98. The number of hydrogen-bond acceptors (Lipinski definition) is 1. The van der Waals surface area contributed by atoms with E-state index in [9.17, 15) is 5.11 Å². The monoisotopic (exact) mass is 288 g/mol. The second-order valence-electron chi connectivity index (χ2n) is 9.02. The van der Waals surface area contributed by atoms with E-state index >= 15 is 0 Å². The summed E-state index contributed by atoms with van der Waals surface area (Å²) in [6.07, 6.45) is 13.1. The molecule has 0 aromatic rings. The van der Waals surface area contributed by atoms with Gasteiger partial charge in [0.05, 0.1) is 5.60 Å². The second kappa shape index (κ2) is 4.85. The Kier molecular flexibility index (Phi) is 3.30. The van der Waals surface area contributed by atoms with Crippen LogP contribution in [0.25, 0.3) is 0 Å². The molecule has 4 aliphatic rings. The molecule has 0 radical (unpaired) electrons. The number of rotatable bonds is 0. The molecular weight excluding hydrogens is 256 g/mol. The topological polar surface area (TPSA) is 20.2 Å². The predicted octanol–water partition coefficient (Wildman–Crippen LogP) is 4.66. The Morgan fingerprint density at radius 1 is 1.00 bits per heavy atom. The van der Waals surface area contributed by atoms with Crippen molar-refractivity contribution < 1.29 is 5.11 Å². The first-order valence-electron chi connectivity index (χ1n) is 9.38. The van der Waals surface area contributed by atoms with Crippen LogP contribution >= 0.6 is 0 Å². The van der Waals surface area contributed by atoms with Gasteiger partial charge >= 0.3 is 0 Å². The van der Waals surface area contributed by atoms with Crippen LogP contribution in [0.2, 0.25) is 0 Å². The van der Waals surface area contributed by atoms with Crippen molar-refractivity contribution in [2.24, 2.45) is 47.3 Å². The first-order valence-corrected chi connectivity index (χ1v) is 9.38. The molecule has 4 rings (SSSR count). The Bertz CT molecular complexity index is 435. The minimum Gasteiger partial charge on any atom is -0.390 e. The Labute approximate surface area is 130 Å². The van der Waals surface area contributed by atoms with Gasteiger partial charge in [0.25, 0.3) is 0 Å². The maximum absolute atomic E-state index is 10.8. The van der Waals surface area contributed by atoms with Crippen LogP contribution in [0.3, 0.4) is 0 Å². The van der Waals surface area contributed by atoms with E-state index in [1.54, 1.807) is 0 Å². The molecule has 1 nitrogen and oxygen atoms in total. The molecule has 3 fully saturated rings. The molecule has 0 aliphatic heterocycles. The van der Waals surface area contributed by atoms with E-state index < -0.39 is 5.60 Å². The molecular formula is C20H32O. The van der Waals surface area contributed by atoms with E-state index in [2.05, 4.69) is 32.9 Å². The lowest BCUT2D eigenvalue weighted by atomic mass is 9.48. The van der Waals surface area contributed by atoms with Crippen LogP contribution in [0, 0.1) is 47.3 Å². The molecule has 3 saturated carbocycles. The normalized spacial score (nSPS) is 59.2. The van der Waals surface area contributed by atoms with E-state index in [1.807, 2.05) is 0 Å². The van der Waals surface area contributed by atoms with Crippen LogP contribution in [0.1, 0.15) is 59.3 Å². The van der Waals surface area contributed by atoms with Gasteiger partial charge in [-0.15, -0.1) is 0 Å². The summed E-state index contributed by atoms with van der Waals surface area (Å²) in [5.41, 5.74) is -0.431. The van der Waals surface area contributed by atoms with Gasteiger partial charge in [0.1, 0.15) is 0 Å². The predicted molar refractivity (Wildman–Crippen MR) is 86.7 cm³/mol. The molecule has 1 N–H and O–H groups in total. The van der Waals surface area contributed by atoms with Crippen molar-refractivity contribution in [2.75, 3.05) is 0 Å². The summed E-state index contributed by atoms with van der Waals surface area (Å²) in [4.78, 5) is 0. The fourth-order valence-electron chi connectivity index (χ4n) is 6.98. The molecule has 118 valence electrons. The van der Waals surface area contributed by atoms with Gasteiger partial charge < -0.3 is 5.11 Å². The van der Waals surface area contributed by atoms with Crippen molar-refractivity contribution in [1.29, 1.82) is 0 Å². The maximum Gasteiger partial charge on any atom is 0.0650 e. The smallest absolute Gasteiger partial charge is 0.0650 e. The average Bonchev–Trinajstić information content (AvgIpc) is 2.92. The SMILES string of the molecule is CC1C2C(CCC3C4CC=CC4CCC32)CC(C)(O)C1C. The lowest BCUT2D eigenvalue weighted by Crippen LogP contribution is -2.54. The Morgan fingerprint density at radius 2 is 1.76 bits per heavy atom. The number of fused-ring (bicyclic) bond motifs is 5. The van der Waals surface area contributed by atoms with Gasteiger partial charge in [-0.1, -0.05) is 26.0 Å². The van der Waals surface area contributed by atoms with Gasteiger partial charge in [-0.3, -0.25) is 0 Å². The third kappa shape index (κ3) is 2.06. The number of hydrogen-bond donors (Lipinski definition) is 1. The summed E-state index contributed by atoms with van der Waals surface area (Å²) >= 11 is 0. The summed E-state index contributed by atoms with van der Waals surface area (Å²) in [7, 11) is 0. The van der Waals surface area contributed by atoms with Crippen molar-refractivity contribution in [1.82, 2.24) is 0 Å². The van der Waals surface area contributed by atoms with Crippen LogP contribution in [0.4, 0.5) is 0 Å². The highest BCUT2D eigenvalue weighted by atomic mass is 16.3. The summed E-state index contributed by atoms with van der Waals surface area (Å²) in [5.74, 6) is 6.64. The van der Waals surface area contributed by atoms with Crippen molar-refractivity contribution in [2.45, 2.75) is 64.9 Å². The highest BCUT2D eigenvalue weighted by Gasteiger charge is 2.54. The van der Waals surface area contributed by atoms with Gasteiger partial charge in [-0.2, -0.15) is 0 Å². The zero-order valence-electron chi connectivity index (χ0n) is 14.0. The van der Waals surface area contributed by atoms with Crippen LogP contribution in [0.5, 0.6) is 0 Å². The maximum atomic E-state index is 10.8. The van der Waals surface area contributed by atoms with Crippen LogP contribution in [-0.2, 0) is 0 Å². The molecule has 0 aromatic heterocycles. The van der Waals surface area contributed by atoms with Gasteiger partial charge in [0.2, 0.25) is 0 Å². The molecule has 9 atom stereocenters. The zero-order chi connectivity index (χ0) is 14.8. The van der Waals surface area contributed by atoms with Crippen LogP contribution < -0.4 is 0 Å². The number of aliphatic hydroxyl groups is 1. The molecule has 9 unspecified atom stereocenters. The van der Waals surface area contributed by atoms with Crippen LogP contribution in [-0.4, -0.2) is 10.7 Å².